The Morgan fingerprint density at radius 3 is 2.50 bits per heavy atom. The van der Waals surface area contributed by atoms with Crippen molar-refractivity contribution in [2.24, 2.45) is 5.73 Å². The number of hydrogen-bond acceptors (Lipinski definition) is 5. The lowest BCUT2D eigenvalue weighted by Gasteiger charge is -2.25. The molecule has 1 aliphatic carbocycles. The van der Waals surface area contributed by atoms with Gasteiger partial charge in [-0.15, -0.1) is 12.4 Å². The number of rotatable bonds is 4. The molecule has 104 valence electrons. The first kappa shape index (κ1) is 15.4. The second-order valence-corrected chi connectivity index (χ2v) is 4.87. The van der Waals surface area contributed by atoms with E-state index >= 15 is 0 Å². The lowest BCUT2D eigenvalue weighted by atomic mass is 10.1. The highest BCUT2D eigenvalue weighted by atomic mass is 35.5. The van der Waals surface area contributed by atoms with Gasteiger partial charge in [-0.2, -0.15) is 4.98 Å². The van der Waals surface area contributed by atoms with E-state index in [9.17, 15) is 0 Å². The molecule has 18 heavy (non-hydrogen) atoms. The van der Waals surface area contributed by atoms with Crippen molar-refractivity contribution in [3.8, 4) is 0 Å². The quantitative estimate of drug-likeness (QED) is 0.852. The van der Waals surface area contributed by atoms with Crippen LogP contribution in [0, 0.1) is 0 Å². The number of nitrogens with zero attached hydrogens (tertiary/aromatic N) is 3. The van der Waals surface area contributed by atoms with Gasteiger partial charge in [0.25, 0.3) is 0 Å². The molecule has 1 aromatic rings. The fourth-order valence-electron chi connectivity index (χ4n) is 2.49. The Labute approximate surface area is 115 Å². The minimum atomic E-state index is 0. The molecule has 0 bridgehead atoms. The molecule has 1 aliphatic rings. The summed E-state index contributed by atoms with van der Waals surface area (Å²) in [5, 5.41) is 3.94. The summed E-state index contributed by atoms with van der Waals surface area (Å²) >= 11 is 0. The zero-order chi connectivity index (χ0) is 12.1. The normalized spacial score (nSPS) is 17.5. The molecule has 0 radical (unpaired) electrons. The molecule has 2 rings (SSSR count). The third-order valence-electron chi connectivity index (χ3n) is 3.52. The average molecular weight is 275 g/mol. The molecule has 0 aromatic carbocycles. The molecule has 5 nitrogen and oxygen atoms in total. The van der Waals surface area contributed by atoms with Crippen molar-refractivity contribution in [1.82, 2.24) is 15.0 Å². The second-order valence-electron chi connectivity index (χ2n) is 4.87. The second kappa shape index (κ2) is 7.71. The zero-order valence-corrected chi connectivity index (χ0v) is 11.8. The SMILES string of the molecule is CN(Cc1noc(CN)n1)C1CCCCCC1.Cl. The Balaban J connectivity index is 0.00000162. The van der Waals surface area contributed by atoms with E-state index in [1.807, 2.05) is 0 Å². The molecule has 0 saturated heterocycles. The van der Waals surface area contributed by atoms with Gasteiger partial charge in [0.05, 0.1) is 13.1 Å². The fourth-order valence-corrected chi connectivity index (χ4v) is 2.49. The molecule has 1 saturated carbocycles. The van der Waals surface area contributed by atoms with Crippen LogP contribution in [-0.4, -0.2) is 28.1 Å². The molecule has 0 spiro atoms. The van der Waals surface area contributed by atoms with Crippen molar-refractivity contribution in [3.05, 3.63) is 11.7 Å². The lowest BCUT2D eigenvalue weighted by Crippen LogP contribution is -2.31. The molecule has 0 unspecified atom stereocenters. The van der Waals surface area contributed by atoms with E-state index in [2.05, 4.69) is 22.1 Å². The highest BCUT2D eigenvalue weighted by molar-refractivity contribution is 5.85. The molecule has 0 amide bonds. The van der Waals surface area contributed by atoms with Crippen LogP contribution in [-0.2, 0) is 13.1 Å². The largest absolute Gasteiger partial charge is 0.338 e. The lowest BCUT2D eigenvalue weighted by molar-refractivity contribution is 0.205. The molecule has 0 aliphatic heterocycles. The van der Waals surface area contributed by atoms with Crippen LogP contribution >= 0.6 is 12.4 Å². The first-order chi connectivity index (χ1) is 8.29. The van der Waals surface area contributed by atoms with Crippen LogP contribution in [0.4, 0.5) is 0 Å². The number of aromatic nitrogens is 2. The van der Waals surface area contributed by atoms with Gasteiger partial charge in [0, 0.05) is 6.04 Å². The molecule has 6 heteroatoms. The number of nitrogens with two attached hydrogens (primary N) is 1. The Morgan fingerprint density at radius 1 is 1.28 bits per heavy atom. The van der Waals surface area contributed by atoms with Crippen molar-refractivity contribution in [1.29, 1.82) is 0 Å². The minimum absolute atomic E-state index is 0. The van der Waals surface area contributed by atoms with Crippen LogP contribution in [0.3, 0.4) is 0 Å². The molecule has 0 atom stereocenters. The summed E-state index contributed by atoms with van der Waals surface area (Å²) in [6, 6.07) is 0.664. The van der Waals surface area contributed by atoms with Crippen molar-refractivity contribution < 1.29 is 4.52 Å². The van der Waals surface area contributed by atoms with Gasteiger partial charge in [-0.25, -0.2) is 0 Å². The summed E-state index contributed by atoms with van der Waals surface area (Å²) in [5.74, 6) is 1.27. The Morgan fingerprint density at radius 2 is 1.94 bits per heavy atom. The van der Waals surface area contributed by atoms with Gasteiger partial charge < -0.3 is 10.3 Å². The van der Waals surface area contributed by atoms with Crippen LogP contribution in [0.1, 0.15) is 50.2 Å². The van der Waals surface area contributed by atoms with E-state index in [1.54, 1.807) is 0 Å². The van der Waals surface area contributed by atoms with E-state index < -0.39 is 0 Å². The molecular formula is C12H23ClN4O. The predicted octanol–water partition coefficient (Wildman–Crippen LogP) is 2.10. The first-order valence-electron chi connectivity index (χ1n) is 6.51. The molecular weight excluding hydrogens is 252 g/mol. The molecule has 1 fully saturated rings. The van der Waals surface area contributed by atoms with Gasteiger partial charge in [-0.3, -0.25) is 4.90 Å². The van der Waals surface area contributed by atoms with E-state index in [-0.39, 0.29) is 12.4 Å². The van der Waals surface area contributed by atoms with Crippen LogP contribution in [0.15, 0.2) is 4.52 Å². The third kappa shape index (κ3) is 4.23. The summed E-state index contributed by atoms with van der Waals surface area (Å²) in [6.45, 7) is 1.08. The van der Waals surface area contributed by atoms with Gasteiger partial charge in [0.2, 0.25) is 5.89 Å². The zero-order valence-electron chi connectivity index (χ0n) is 11.0. The summed E-state index contributed by atoms with van der Waals surface area (Å²) in [7, 11) is 2.15. The summed E-state index contributed by atoms with van der Waals surface area (Å²) in [4.78, 5) is 6.59. The monoisotopic (exact) mass is 274 g/mol. The van der Waals surface area contributed by atoms with Gasteiger partial charge >= 0.3 is 0 Å². The van der Waals surface area contributed by atoms with E-state index in [1.165, 1.54) is 38.5 Å². The van der Waals surface area contributed by atoms with Gasteiger partial charge in [0.15, 0.2) is 5.82 Å². The molecule has 2 N–H and O–H groups in total. The highest BCUT2D eigenvalue weighted by Gasteiger charge is 2.18. The Hall–Kier alpha value is -0.650. The smallest absolute Gasteiger partial charge is 0.240 e. The van der Waals surface area contributed by atoms with E-state index in [0.29, 0.717) is 18.5 Å². The first-order valence-corrected chi connectivity index (χ1v) is 6.51. The average Bonchev–Trinajstić information content (AvgIpc) is 2.62. The van der Waals surface area contributed by atoms with E-state index in [0.717, 1.165) is 12.4 Å². The van der Waals surface area contributed by atoms with Crippen molar-refractivity contribution in [2.45, 2.75) is 57.7 Å². The fraction of sp³-hybridized carbons (Fsp3) is 0.833. The van der Waals surface area contributed by atoms with Crippen LogP contribution < -0.4 is 5.73 Å². The van der Waals surface area contributed by atoms with Gasteiger partial charge in [0.1, 0.15) is 0 Å². The predicted molar refractivity (Wildman–Crippen MR) is 72.4 cm³/mol. The summed E-state index contributed by atoms with van der Waals surface area (Å²) < 4.78 is 5.01. The van der Waals surface area contributed by atoms with Crippen LogP contribution in [0.5, 0.6) is 0 Å². The summed E-state index contributed by atoms with van der Waals surface area (Å²) in [5.41, 5.74) is 5.45. The van der Waals surface area contributed by atoms with Crippen LogP contribution in [0.25, 0.3) is 0 Å². The molecule has 1 aromatic heterocycles. The van der Waals surface area contributed by atoms with Crippen molar-refractivity contribution in [3.63, 3.8) is 0 Å². The molecule has 1 heterocycles. The Kier molecular flexibility index (Phi) is 6.60. The van der Waals surface area contributed by atoms with Crippen LogP contribution in [0.2, 0.25) is 0 Å². The maximum absolute atomic E-state index is 5.45. The number of hydrogen-bond donors (Lipinski definition) is 1. The highest BCUT2D eigenvalue weighted by Crippen LogP contribution is 2.21. The van der Waals surface area contributed by atoms with E-state index in [4.69, 9.17) is 10.3 Å². The Bertz CT molecular complexity index is 337. The van der Waals surface area contributed by atoms with Crippen molar-refractivity contribution in [2.75, 3.05) is 7.05 Å². The topological polar surface area (TPSA) is 68.2 Å². The minimum Gasteiger partial charge on any atom is -0.338 e. The summed E-state index contributed by atoms with van der Waals surface area (Å²) in [6.07, 6.45) is 8.02. The maximum Gasteiger partial charge on any atom is 0.240 e. The standard InChI is InChI=1S/C12H22N4O.ClH/c1-16(10-6-4-2-3-5-7-10)9-11-14-12(8-13)17-15-11;/h10H,2-9,13H2,1H3;1H. The maximum atomic E-state index is 5.45. The van der Waals surface area contributed by atoms with Gasteiger partial charge in [-0.1, -0.05) is 30.8 Å². The third-order valence-corrected chi connectivity index (χ3v) is 3.52. The number of halogens is 1. The van der Waals surface area contributed by atoms with Crippen molar-refractivity contribution >= 4 is 12.4 Å². The van der Waals surface area contributed by atoms with Gasteiger partial charge in [-0.05, 0) is 19.9 Å².